The van der Waals surface area contributed by atoms with Crippen LogP contribution in [0.4, 0.5) is 11.4 Å². The Morgan fingerprint density at radius 2 is 2.26 bits per heavy atom. The minimum absolute atomic E-state index is 0.0163. The van der Waals surface area contributed by atoms with Gasteiger partial charge in [-0.25, -0.2) is 4.98 Å². The minimum Gasteiger partial charge on any atom is -0.473 e. The lowest BCUT2D eigenvalue weighted by Gasteiger charge is -2.13. The van der Waals surface area contributed by atoms with E-state index in [2.05, 4.69) is 10.3 Å². The van der Waals surface area contributed by atoms with Crippen molar-refractivity contribution in [3.8, 4) is 5.88 Å². The van der Waals surface area contributed by atoms with Crippen LogP contribution < -0.4 is 15.8 Å². The molecule has 6 heteroatoms. The van der Waals surface area contributed by atoms with Crippen molar-refractivity contribution in [1.29, 1.82) is 0 Å². The standard InChI is InChI=1S/C13H15N3O2S/c1-8(2)18-13-10(4-3-6-15-13)16-12(17)11-9(14)5-7-19-11/h3-8H,14H2,1-2H3,(H,16,17). The van der Waals surface area contributed by atoms with Crippen LogP contribution in [0.3, 0.4) is 0 Å². The van der Waals surface area contributed by atoms with Gasteiger partial charge >= 0.3 is 0 Å². The molecule has 0 fully saturated rings. The fourth-order valence-corrected chi connectivity index (χ4v) is 2.20. The maximum atomic E-state index is 12.1. The molecule has 2 heterocycles. The topological polar surface area (TPSA) is 77.2 Å². The fourth-order valence-electron chi connectivity index (χ4n) is 1.49. The molecule has 0 aromatic carbocycles. The zero-order valence-corrected chi connectivity index (χ0v) is 11.5. The normalized spacial score (nSPS) is 10.5. The summed E-state index contributed by atoms with van der Waals surface area (Å²) in [5, 5.41) is 4.54. The van der Waals surface area contributed by atoms with Crippen molar-refractivity contribution in [2.24, 2.45) is 0 Å². The first kappa shape index (κ1) is 13.4. The van der Waals surface area contributed by atoms with Crippen LogP contribution in [-0.4, -0.2) is 17.0 Å². The van der Waals surface area contributed by atoms with Crippen LogP contribution in [0, 0.1) is 0 Å². The van der Waals surface area contributed by atoms with Crippen LogP contribution >= 0.6 is 11.3 Å². The lowest BCUT2D eigenvalue weighted by molar-refractivity contribution is 0.103. The van der Waals surface area contributed by atoms with Crippen LogP contribution in [0.1, 0.15) is 23.5 Å². The van der Waals surface area contributed by atoms with E-state index in [1.807, 2.05) is 13.8 Å². The third-order valence-corrected chi connectivity index (χ3v) is 3.20. The number of carbonyl (C=O) groups is 1. The van der Waals surface area contributed by atoms with Crippen molar-refractivity contribution in [3.63, 3.8) is 0 Å². The maximum absolute atomic E-state index is 12.1. The summed E-state index contributed by atoms with van der Waals surface area (Å²) in [5.41, 5.74) is 6.72. The van der Waals surface area contributed by atoms with Gasteiger partial charge in [-0.15, -0.1) is 11.3 Å². The highest BCUT2D eigenvalue weighted by Gasteiger charge is 2.14. The maximum Gasteiger partial charge on any atom is 0.267 e. The molecule has 0 unspecified atom stereocenters. The summed E-state index contributed by atoms with van der Waals surface area (Å²) in [6.45, 7) is 3.80. The number of aromatic nitrogens is 1. The Kier molecular flexibility index (Phi) is 4.01. The number of thiophene rings is 1. The molecule has 0 aliphatic carbocycles. The Bertz CT molecular complexity index is 581. The Hall–Kier alpha value is -2.08. The Morgan fingerprint density at radius 1 is 1.47 bits per heavy atom. The summed E-state index contributed by atoms with van der Waals surface area (Å²) in [7, 11) is 0. The number of rotatable bonds is 4. The highest BCUT2D eigenvalue weighted by Crippen LogP contribution is 2.25. The van der Waals surface area contributed by atoms with Gasteiger partial charge in [0.2, 0.25) is 5.88 Å². The average molecular weight is 277 g/mol. The van der Waals surface area contributed by atoms with E-state index in [1.165, 1.54) is 11.3 Å². The van der Waals surface area contributed by atoms with E-state index in [4.69, 9.17) is 10.5 Å². The highest BCUT2D eigenvalue weighted by atomic mass is 32.1. The number of carbonyl (C=O) groups excluding carboxylic acids is 1. The number of nitrogen functional groups attached to an aromatic ring is 1. The molecule has 100 valence electrons. The van der Waals surface area contributed by atoms with Gasteiger partial charge in [0.15, 0.2) is 0 Å². The van der Waals surface area contributed by atoms with Gasteiger partial charge in [-0.3, -0.25) is 4.79 Å². The number of nitrogens with two attached hydrogens (primary N) is 1. The highest BCUT2D eigenvalue weighted by molar-refractivity contribution is 7.12. The van der Waals surface area contributed by atoms with Gasteiger partial charge < -0.3 is 15.8 Å². The molecule has 0 atom stereocenters. The molecule has 0 saturated heterocycles. The smallest absolute Gasteiger partial charge is 0.267 e. The van der Waals surface area contributed by atoms with E-state index in [-0.39, 0.29) is 12.0 Å². The predicted molar refractivity (Wildman–Crippen MR) is 76.7 cm³/mol. The number of pyridine rings is 1. The van der Waals surface area contributed by atoms with Gasteiger partial charge in [0.05, 0.1) is 11.8 Å². The molecule has 2 rings (SSSR count). The van der Waals surface area contributed by atoms with Gasteiger partial charge in [0, 0.05) is 6.20 Å². The molecule has 0 bridgehead atoms. The van der Waals surface area contributed by atoms with Gasteiger partial charge in [0.25, 0.3) is 5.91 Å². The van der Waals surface area contributed by atoms with Crippen LogP contribution in [0.5, 0.6) is 5.88 Å². The fraction of sp³-hybridized carbons (Fsp3) is 0.231. The second kappa shape index (κ2) is 5.71. The van der Waals surface area contributed by atoms with Gasteiger partial charge in [-0.1, -0.05) is 0 Å². The van der Waals surface area contributed by atoms with Gasteiger partial charge in [-0.05, 0) is 37.4 Å². The Balaban J connectivity index is 2.19. The monoisotopic (exact) mass is 277 g/mol. The lowest BCUT2D eigenvalue weighted by atomic mass is 10.3. The van der Waals surface area contributed by atoms with Crippen molar-refractivity contribution in [2.45, 2.75) is 20.0 Å². The summed E-state index contributed by atoms with van der Waals surface area (Å²) >= 11 is 1.30. The minimum atomic E-state index is -0.255. The molecule has 0 aliphatic heterocycles. The molecule has 2 aromatic rings. The summed E-state index contributed by atoms with van der Waals surface area (Å²) < 4.78 is 5.54. The molecule has 0 saturated carbocycles. The summed E-state index contributed by atoms with van der Waals surface area (Å²) in [4.78, 5) is 16.7. The van der Waals surface area contributed by atoms with E-state index < -0.39 is 0 Å². The number of nitrogens with zero attached hydrogens (tertiary/aromatic N) is 1. The summed E-state index contributed by atoms with van der Waals surface area (Å²) in [6.07, 6.45) is 1.60. The lowest BCUT2D eigenvalue weighted by Crippen LogP contribution is -2.15. The molecule has 0 spiro atoms. The van der Waals surface area contributed by atoms with Crippen LogP contribution in [-0.2, 0) is 0 Å². The first-order valence-corrected chi connectivity index (χ1v) is 6.72. The second-order valence-corrected chi connectivity index (χ2v) is 5.10. The molecule has 0 aliphatic rings. The van der Waals surface area contributed by atoms with E-state index in [0.717, 1.165) is 0 Å². The van der Waals surface area contributed by atoms with Crippen molar-refractivity contribution in [3.05, 3.63) is 34.7 Å². The van der Waals surface area contributed by atoms with E-state index in [1.54, 1.807) is 29.8 Å². The Labute approximate surface area is 115 Å². The Morgan fingerprint density at radius 3 is 2.89 bits per heavy atom. The first-order chi connectivity index (χ1) is 9.08. The third kappa shape index (κ3) is 3.23. The number of ether oxygens (including phenoxy) is 1. The number of amides is 1. The largest absolute Gasteiger partial charge is 0.473 e. The van der Waals surface area contributed by atoms with E-state index in [0.29, 0.717) is 22.1 Å². The van der Waals surface area contributed by atoms with E-state index in [9.17, 15) is 4.79 Å². The molecular weight excluding hydrogens is 262 g/mol. The first-order valence-electron chi connectivity index (χ1n) is 5.84. The molecule has 5 nitrogen and oxygen atoms in total. The molecule has 2 aromatic heterocycles. The molecular formula is C13H15N3O2S. The number of anilines is 2. The van der Waals surface area contributed by atoms with Crippen molar-refractivity contribution >= 4 is 28.6 Å². The van der Waals surface area contributed by atoms with Crippen molar-refractivity contribution < 1.29 is 9.53 Å². The predicted octanol–water partition coefficient (Wildman–Crippen LogP) is 2.76. The molecule has 1 amide bonds. The number of hydrogen-bond acceptors (Lipinski definition) is 5. The molecule has 3 N–H and O–H groups in total. The van der Waals surface area contributed by atoms with Crippen molar-refractivity contribution in [2.75, 3.05) is 11.1 Å². The van der Waals surface area contributed by atoms with Crippen LogP contribution in [0.2, 0.25) is 0 Å². The average Bonchev–Trinajstić information content (AvgIpc) is 2.77. The van der Waals surface area contributed by atoms with E-state index >= 15 is 0 Å². The summed E-state index contributed by atoms with van der Waals surface area (Å²) in [5.74, 6) is 0.148. The third-order valence-electron chi connectivity index (χ3n) is 2.27. The zero-order chi connectivity index (χ0) is 13.8. The SMILES string of the molecule is CC(C)Oc1ncccc1NC(=O)c1sccc1N. The van der Waals surface area contributed by atoms with Crippen molar-refractivity contribution in [1.82, 2.24) is 4.98 Å². The zero-order valence-electron chi connectivity index (χ0n) is 10.7. The molecule has 0 radical (unpaired) electrons. The van der Waals surface area contributed by atoms with Gasteiger partial charge in [0.1, 0.15) is 10.6 Å². The van der Waals surface area contributed by atoms with Crippen LogP contribution in [0.15, 0.2) is 29.8 Å². The number of hydrogen-bond donors (Lipinski definition) is 2. The van der Waals surface area contributed by atoms with Crippen LogP contribution in [0.25, 0.3) is 0 Å². The van der Waals surface area contributed by atoms with Gasteiger partial charge in [-0.2, -0.15) is 0 Å². The summed E-state index contributed by atoms with van der Waals surface area (Å²) in [6, 6.07) is 5.18. The number of nitrogens with one attached hydrogen (secondary N) is 1. The molecule has 19 heavy (non-hydrogen) atoms. The quantitative estimate of drug-likeness (QED) is 0.900. The second-order valence-electron chi connectivity index (χ2n) is 4.18.